The highest BCUT2D eigenvalue weighted by atomic mass is 32.1. The second kappa shape index (κ2) is 6.38. The molecule has 0 radical (unpaired) electrons. The summed E-state index contributed by atoms with van der Waals surface area (Å²) in [6, 6.07) is 8.25. The summed E-state index contributed by atoms with van der Waals surface area (Å²) in [6.07, 6.45) is 5.87. The summed E-state index contributed by atoms with van der Waals surface area (Å²) in [4.78, 5) is 6.44. The van der Waals surface area contributed by atoms with Crippen LogP contribution in [-0.2, 0) is 6.42 Å². The Morgan fingerprint density at radius 3 is 2.69 bits per heavy atom. The zero-order valence-corrected chi connectivity index (χ0v) is 17.0. The smallest absolute Gasteiger partial charge is 0.124 e. The van der Waals surface area contributed by atoms with Gasteiger partial charge in [0.2, 0.25) is 0 Å². The van der Waals surface area contributed by atoms with Crippen molar-refractivity contribution in [3.05, 3.63) is 53.1 Å². The number of ether oxygens (including phenoxy) is 1. The number of allylic oxidation sites excluding steroid dienone is 3. The van der Waals surface area contributed by atoms with Gasteiger partial charge in [-0.2, -0.15) is 0 Å². The molecule has 2 nitrogen and oxygen atoms in total. The Hall–Kier alpha value is -1.87. The highest BCUT2D eigenvalue weighted by molar-refractivity contribution is 7.16. The number of aromatic nitrogens is 1. The molecule has 3 heteroatoms. The molecule has 1 aromatic heterocycles. The predicted molar refractivity (Wildman–Crippen MR) is 111 cm³/mol. The summed E-state index contributed by atoms with van der Waals surface area (Å²) in [6.45, 7) is 11.3. The second-order valence-electron chi connectivity index (χ2n) is 8.15. The molecule has 26 heavy (non-hydrogen) atoms. The van der Waals surface area contributed by atoms with E-state index in [0.29, 0.717) is 11.8 Å². The summed E-state index contributed by atoms with van der Waals surface area (Å²) < 4.78 is 5.28. The first-order valence-electron chi connectivity index (χ1n) is 9.43. The average Bonchev–Trinajstić information content (AvgIpc) is 3.05. The Morgan fingerprint density at radius 2 is 2.04 bits per heavy atom. The molecule has 0 unspecified atom stereocenters. The number of hydrogen-bond acceptors (Lipinski definition) is 3. The van der Waals surface area contributed by atoms with E-state index in [9.17, 15) is 0 Å². The van der Waals surface area contributed by atoms with Gasteiger partial charge in [-0.3, -0.25) is 0 Å². The second-order valence-corrected chi connectivity index (χ2v) is 9.15. The quantitative estimate of drug-likeness (QED) is 0.588. The van der Waals surface area contributed by atoms with E-state index >= 15 is 0 Å². The Kier molecular flexibility index (Phi) is 4.31. The lowest BCUT2D eigenvalue weighted by Gasteiger charge is -2.46. The Balaban J connectivity index is 1.75. The minimum absolute atomic E-state index is 0.235. The zero-order chi connectivity index (χ0) is 18.5. The van der Waals surface area contributed by atoms with Crippen molar-refractivity contribution in [1.82, 2.24) is 4.98 Å². The molecule has 2 aliphatic carbocycles. The molecular weight excluding hydrogens is 338 g/mol. The van der Waals surface area contributed by atoms with Gasteiger partial charge >= 0.3 is 0 Å². The van der Waals surface area contributed by atoms with Crippen molar-refractivity contribution in [1.29, 1.82) is 0 Å². The third-order valence-corrected chi connectivity index (χ3v) is 7.64. The highest BCUT2D eigenvalue weighted by Gasteiger charge is 2.45. The van der Waals surface area contributed by atoms with Gasteiger partial charge in [0.05, 0.1) is 17.7 Å². The molecule has 0 spiro atoms. The lowest BCUT2D eigenvalue weighted by molar-refractivity contribution is 0.217. The van der Waals surface area contributed by atoms with Gasteiger partial charge < -0.3 is 4.74 Å². The third-order valence-electron chi connectivity index (χ3n) is 6.46. The Morgan fingerprint density at radius 1 is 1.31 bits per heavy atom. The zero-order valence-electron chi connectivity index (χ0n) is 16.1. The van der Waals surface area contributed by atoms with Crippen molar-refractivity contribution in [2.24, 2.45) is 17.3 Å². The van der Waals surface area contributed by atoms with Crippen LogP contribution >= 0.6 is 11.3 Å². The van der Waals surface area contributed by atoms with E-state index in [1.807, 2.05) is 23.5 Å². The van der Waals surface area contributed by atoms with Gasteiger partial charge in [0, 0.05) is 5.56 Å². The summed E-state index contributed by atoms with van der Waals surface area (Å²) in [7, 11) is 1.70. The molecule has 4 rings (SSSR count). The first-order valence-corrected chi connectivity index (χ1v) is 10.2. The van der Waals surface area contributed by atoms with Gasteiger partial charge in [-0.05, 0) is 73.3 Å². The fraction of sp³-hybridized carbons (Fsp3) is 0.435. The van der Waals surface area contributed by atoms with E-state index in [1.165, 1.54) is 33.7 Å². The van der Waals surface area contributed by atoms with Crippen molar-refractivity contribution in [2.75, 3.05) is 7.11 Å². The molecule has 0 bridgehead atoms. The summed E-state index contributed by atoms with van der Waals surface area (Å²) in [5, 5.41) is 1.12. The number of thiazole rings is 1. The van der Waals surface area contributed by atoms with Crippen LogP contribution in [0.1, 0.15) is 44.2 Å². The van der Waals surface area contributed by atoms with Crippen LogP contribution < -0.4 is 4.74 Å². The van der Waals surface area contributed by atoms with Crippen LogP contribution in [0.25, 0.3) is 16.1 Å². The van der Waals surface area contributed by atoms with Crippen molar-refractivity contribution in [3.63, 3.8) is 0 Å². The molecule has 3 atom stereocenters. The first kappa shape index (κ1) is 17.5. The normalized spacial score (nSPS) is 27.3. The maximum Gasteiger partial charge on any atom is 0.124 e. The summed E-state index contributed by atoms with van der Waals surface area (Å²) in [5.74, 6) is 2.10. The van der Waals surface area contributed by atoms with Crippen molar-refractivity contribution >= 4 is 16.9 Å². The fourth-order valence-corrected chi connectivity index (χ4v) is 5.74. The third kappa shape index (κ3) is 2.73. The van der Waals surface area contributed by atoms with Gasteiger partial charge in [0.25, 0.3) is 0 Å². The molecule has 0 N–H and O–H groups in total. The maximum absolute atomic E-state index is 5.28. The standard InChI is InChI=1S/C23H27NOS/c1-14(2)17-8-11-19-21-20(12-15(3)23(19,4)13-17)24-22(26-21)16-6-9-18(25-5)10-7-16/h6-7,9-11,15,17H,1,8,12-13H2,2-5H3/t15-,17-,23+/m1/s1. The predicted octanol–water partition coefficient (Wildman–Crippen LogP) is 6.39. The first-order chi connectivity index (χ1) is 12.4. The lowest BCUT2D eigenvalue weighted by Crippen LogP contribution is -2.36. The van der Waals surface area contributed by atoms with E-state index in [1.54, 1.807) is 7.11 Å². The number of benzene rings is 1. The van der Waals surface area contributed by atoms with Crippen LogP contribution in [-0.4, -0.2) is 12.1 Å². The van der Waals surface area contributed by atoms with Crippen LogP contribution in [0.4, 0.5) is 0 Å². The molecule has 0 aliphatic heterocycles. The Labute approximate surface area is 160 Å². The molecule has 2 aliphatic rings. The van der Waals surface area contributed by atoms with Crippen LogP contribution in [0, 0.1) is 17.3 Å². The molecule has 136 valence electrons. The van der Waals surface area contributed by atoms with E-state index < -0.39 is 0 Å². The van der Waals surface area contributed by atoms with Crippen molar-refractivity contribution in [3.8, 4) is 16.3 Å². The van der Waals surface area contributed by atoms with E-state index in [2.05, 4.69) is 45.6 Å². The Bertz CT molecular complexity index is 876. The van der Waals surface area contributed by atoms with Crippen molar-refractivity contribution < 1.29 is 4.74 Å². The molecule has 0 saturated heterocycles. The van der Waals surface area contributed by atoms with Crippen LogP contribution in [0.5, 0.6) is 5.75 Å². The summed E-state index contributed by atoms with van der Waals surface area (Å²) in [5.41, 5.74) is 5.55. The van der Waals surface area contributed by atoms with E-state index in [0.717, 1.165) is 23.6 Å². The lowest BCUT2D eigenvalue weighted by atomic mass is 9.59. The minimum Gasteiger partial charge on any atom is -0.497 e. The van der Waals surface area contributed by atoms with Crippen LogP contribution in [0.2, 0.25) is 0 Å². The molecule has 1 heterocycles. The van der Waals surface area contributed by atoms with E-state index in [4.69, 9.17) is 9.72 Å². The molecule has 2 aromatic rings. The molecule has 0 saturated carbocycles. The molecule has 1 aromatic carbocycles. The van der Waals surface area contributed by atoms with E-state index in [-0.39, 0.29) is 5.41 Å². The van der Waals surface area contributed by atoms with Gasteiger partial charge in [-0.15, -0.1) is 11.3 Å². The molecule has 0 fully saturated rings. The number of hydrogen-bond donors (Lipinski definition) is 0. The number of rotatable bonds is 3. The average molecular weight is 366 g/mol. The minimum atomic E-state index is 0.235. The molecular formula is C23H27NOS. The monoisotopic (exact) mass is 365 g/mol. The summed E-state index contributed by atoms with van der Waals surface area (Å²) >= 11 is 1.86. The van der Waals surface area contributed by atoms with Gasteiger partial charge in [-0.25, -0.2) is 4.98 Å². The number of methoxy groups -OCH3 is 1. The largest absolute Gasteiger partial charge is 0.497 e. The van der Waals surface area contributed by atoms with Crippen molar-refractivity contribution in [2.45, 2.75) is 40.0 Å². The molecule has 0 amide bonds. The van der Waals surface area contributed by atoms with Gasteiger partial charge in [0.1, 0.15) is 10.8 Å². The number of nitrogens with zero attached hydrogens (tertiary/aromatic N) is 1. The number of fused-ring (bicyclic) bond motifs is 3. The van der Waals surface area contributed by atoms with Gasteiger partial charge in [0.15, 0.2) is 0 Å². The maximum atomic E-state index is 5.28. The van der Waals surface area contributed by atoms with Crippen LogP contribution in [0.15, 0.2) is 42.5 Å². The topological polar surface area (TPSA) is 22.1 Å². The fourth-order valence-electron chi connectivity index (χ4n) is 4.47. The van der Waals surface area contributed by atoms with Crippen LogP contribution in [0.3, 0.4) is 0 Å². The van der Waals surface area contributed by atoms with Gasteiger partial charge in [-0.1, -0.05) is 32.1 Å². The highest BCUT2D eigenvalue weighted by Crippen LogP contribution is 2.57. The SMILES string of the molecule is C=C(C)[C@@H]1CC=C2c3sc(-c4ccc(OC)cc4)nc3C[C@@H](C)[C@]2(C)C1.